The molecule has 2 N–H and O–H groups in total. The summed E-state index contributed by atoms with van der Waals surface area (Å²) in [6, 6.07) is 3.62. The molecule has 0 saturated carbocycles. The van der Waals surface area contributed by atoms with Gasteiger partial charge in [0.05, 0.1) is 0 Å². The number of hydrogen-bond acceptors (Lipinski definition) is 4. The van der Waals surface area contributed by atoms with Crippen LogP contribution in [0.2, 0.25) is 0 Å². The lowest BCUT2D eigenvalue weighted by Gasteiger charge is -2.10. The van der Waals surface area contributed by atoms with Crippen LogP contribution in [0.4, 0.5) is 5.82 Å². The minimum absolute atomic E-state index is 0.101. The number of nitrogens with zero attached hydrogens (tertiary/aromatic N) is 1. The average Bonchev–Trinajstić information content (AvgIpc) is 2.43. The van der Waals surface area contributed by atoms with Crippen molar-refractivity contribution in [3.05, 3.63) is 23.4 Å². The summed E-state index contributed by atoms with van der Waals surface area (Å²) >= 11 is 0. The van der Waals surface area contributed by atoms with Crippen molar-refractivity contribution in [3.8, 4) is 0 Å². The second kappa shape index (κ2) is 9.50. The fourth-order valence-corrected chi connectivity index (χ4v) is 2.50. The van der Waals surface area contributed by atoms with Crippen LogP contribution in [-0.4, -0.2) is 40.2 Å². The first kappa shape index (κ1) is 17.6. The number of aryl methyl sites for hydroxylation is 1. The van der Waals surface area contributed by atoms with Crippen molar-refractivity contribution in [2.45, 2.75) is 33.1 Å². The van der Waals surface area contributed by atoms with Gasteiger partial charge in [0, 0.05) is 47.2 Å². The second-order valence-electron chi connectivity index (χ2n) is 4.90. The normalized spacial score (nSPS) is 12.0. The summed E-state index contributed by atoms with van der Waals surface area (Å²) in [6.07, 6.45) is 4.24. The summed E-state index contributed by atoms with van der Waals surface area (Å²) in [4.78, 5) is 16.6. The Balaban J connectivity index is 2.70. The second-order valence-corrected chi connectivity index (χ2v) is 6.45. The van der Waals surface area contributed by atoms with E-state index in [9.17, 15) is 9.00 Å². The molecule has 118 valence electrons. The number of carbonyl (C=O) groups excluding carboxylic acids is 1. The number of amides is 1. The van der Waals surface area contributed by atoms with E-state index in [4.69, 9.17) is 0 Å². The Morgan fingerprint density at radius 3 is 2.71 bits per heavy atom. The first-order valence-corrected chi connectivity index (χ1v) is 9.12. The minimum atomic E-state index is -0.809. The van der Waals surface area contributed by atoms with Gasteiger partial charge in [-0.25, -0.2) is 4.98 Å². The predicted octanol–water partition coefficient (Wildman–Crippen LogP) is 1.96. The Morgan fingerprint density at radius 2 is 2.10 bits per heavy atom. The van der Waals surface area contributed by atoms with Gasteiger partial charge in [0.1, 0.15) is 5.82 Å². The van der Waals surface area contributed by atoms with Gasteiger partial charge in [0.2, 0.25) is 0 Å². The van der Waals surface area contributed by atoms with Crippen LogP contribution in [0.25, 0.3) is 0 Å². The molecular weight excluding hydrogens is 286 g/mol. The summed E-state index contributed by atoms with van der Waals surface area (Å²) in [5.74, 6) is 1.25. The number of nitrogens with one attached hydrogen (secondary N) is 2. The summed E-state index contributed by atoms with van der Waals surface area (Å²) in [5.41, 5.74) is 1.55. The highest BCUT2D eigenvalue weighted by molar-refractivity contribution is 7.84. The Bertz CT molecular complexity index is 468. The van der Waals surface area contributed by atoms with E-state index in [1.807, 2.05) is 13.0 Å². The molecule has 1 aromatic heterocycles. The number of rotatable bonds is 9. The van der Waals surface area contributed by atoms with Crippen LogP contribution in [-0.2, 0) is 17.2 Å². The lowest BCUT2D eigenvalue weighted by molar-refractivity contribution is 0.0953. The Kier molecular flexibility index (Phi) is 7.97. The van der Waals surface area contributed by atoms with Crippen LogP contribution in [0.15, 0.2) is 12.1 Å². The van der Waals surface area contributed by atoms with Crippen molar-refractivity contribution in [2.24, 2.45) is 0 Å². The van der Waals surface area contributed by atoms with E-state index in [1.54, 1.807) is 12.3 Å². The molecule has 0 saturated heterocycles. The molecule has 0 bridgehead atoms. The predicted molar refractivity (Wildman–Crippen MR) is 88.3 cm³/mol. The molecule has 1 amide bonds. The van der Waals surface area contributed by atoms with Crippen LogP contribution >= 0.6 is 0 Å². The van der Waals surface area contributed by atoms with Crippen LogP contribution in [0.5, 0.6) is 0 Å². The van der Waals surface area contributed by atoms with E-state index in [0.29, 0.717) is 17.9 Å². The molecule has 0 radical (unpaired) electrons. The van der Waals surface area contributed by atoms with Gasteiger partial charge < -0.3 is 10.6 Å². The van der Waals surface area contributed by atoms with Gasteiger partial charge >= 0.3 is 0 Å². The summed E-state index contributed by atoms with van der Waals surface area (Å²) in [6.45, 7) is 5.40. The van der Waals surface area contributed by atoms with Gasteiger partial charge in [-0.05, 0) is 31.9 Å². The number of anilines is 1. The van der Waals surface area contributed by atoms with Gasteiger partial charge in [-0.3, -0.25) is 9.00 Å². The quantitative estimate of drug-likeness (QED) is 0.684. The van der Waals surface area contributed by atoms with Gasteiger partial charge in [0.25, 0.3) is 5.91 Å². The van der Waals surface area contributed by atoms with E-state index in [0.717, 1.165) is 37.3 Å². The summed E-state index contributed by atoms with van der Waals surface area (Å²) < 4.78 is 11.0. The van der Waals surface area contributed by atoms with Crippen LogP contribution < -0.4 is 10.6 Å². The molecule has 5 nitrogen and oxygen atoms in total. The highest BCUT2D eigenvalue weighted by Crippen LogP contribution is 2.12. The minimum Gasteiger partial charge on any atom is -0.370 e. The monoisotopic (exact) mass is 311 g/mol. The molecule has 0 aliphatic rings. The Hall–Kier alpha value is -1.43. The molecule has 0 fully saturated rings. The molecule has 0 aliphatic carbocycles. The number of hydrogen-bond donors (Lipinski definition) is 2. The SMILES string of the molecule is CCCc1cc(C(=O)NCCCS(C)=O)cc(NCC)n1. The van der Waals surface area contributed by atoms with E-state index < -0.39 is 10.8 Å². The van der Waals surface area contributed by atoms with Crippen LogP contribution in [0, 0.1) is 0 Å². The molecule has 0 aromatic carbocycles. The summed E-state index contributed by atoms with van der Waals surface area (Å²) in [7, 11) is -0.809. The fraction of sp³-hybridized carbons (Fsp3) is 0.600. The molecular formula is C15H25N3O2S. The molecule has 0 spiro atoms. The van der Waals surface area contributed by atoms with Crippen molar-refractivity contribution in [3.63, 3.8) is 0 Å². The zero-order chi connectivity index (χ0) is 15.7. The molecule has 1 rings (SSSR count). The van der Waals surface area contributed by atoms with Gasteiger partial charge in [-0.15, -0.1) is 0 Å². The zero-order valence-corrected chi connectivity index (χ0v) is 13.9. The Morgan fingerprint density at radius 1 is 1.33 bits per heavy atom. The number of carbonyl (C=O) groups is 1. The summed E-state index contributed by atoms with van der Waals surface area (Å²) in [5, 5.41) is 6.02. The highest BCUT2D eigenvalue weighted by Gasteiger charge is 2.09. The standard InChI is InChI=1S/C15H25N3O2S/c1-4-7-13-10-12(11-14(18-13)16-5-2)15(19)17-8-6-9-21(3)20/h10-11H,4-9H2,1-3H3,(H,16,18)(H,17,19). The smallest absolute Gasteiger partial charge is 0.251 e. The average molecular weight is 311 g/mol. The maximum absolute atomic E-state index is 12.2. The molecule has 1 unspecified atom stereocenters. The van der Waals surface area contributed by atoms with Crippen molar-refractivity contribution >= 4 is 22.5 Å². The molecule has 0 aliphatic heterocycles. The lowest BCUT2D eigenvalue weighted by Crippen LogP contribution is -2.25. The largest absolute Gasteiger partial charge is 0.370 e. The third-order valence-electron chi connectivity index (χ3n) is 2.90. The van der Waals surface area contributed by atoms with Crippen LogP contribution in [0.1, 0.15) is 42.7 Å². The number of aromatic nitrogens is 1. The van der Waals surface area contributed by atoms with Crippen molar-refractivity contribution in [2.75, 3.05) is 30.4 Å². The van der Waals surface area contributed by atoms with E-state index in [2.05, 4.69) is 22.5 Å². The molecule has 21 heavy (non-hydrogen) atoms. The first-order valence-electron chi connectivity index (χ1n) is 7.39. The van der Waals surface area contributed by atoms with Crippen molar-refractivity contribution < 1.29 is 9.00 Å². The topological polar surface area (TPSA) is 71.1 Å². The van der Waals surface area contributed by atoms with Crippen molar-refractivity contribution in [1.82, 2.24) is 10.3 Å². The van der Waals surface area contributed by atoms with Crippen LogP contribution in [0.3, 0.4) is 0 Å². The highest BCUT2D eigenvalue weighted by atomic mass is 32.2. The fourth-order valence-electron chi connectivity index (χ4n) is 1.95. The molecule has 1 aromatic rings. The maximum atomic E-state index is 12.2. The molecule has 1 atom stereocenters. The van der Waals surface area contributed by atoms with E-state index >= 15 is 0 Å². The number of pyridine rings is 1. The lowest BCUT2D eigenvalue weighted by atomic mass is 10.1. The van der Waals surface area contributed by atoms with E-state index in [1.165, 1.54) is 0 Å². The third-order valence-corrected chi connectivity index (χ3v) is 3.76. The Labute approximate surface area is 129 Å². The van der Waals surface area contributed by atoms with Gasteiger partial charge in [-0.1, -0.05) is 13.3 Å². The van der Waals surface area contributed by atoms with Gasteiger partial charge in [-0.2, -0.15) is 0 Å². The van der Waals surface area contributed by atoms with Gasteiger partial charge in [0.15, 0.2) is 0 Å². The first-order chi connectivity index (χ1) is 10.1. The van der Waals surface area contributed by atoms with E-state index in [-0.39, 0.29) is 5.91 Å². The third kappa shape index (κ3) is 6.71. The molecule has 1 heterocycles. The van der Waals surface area contributed by atoms with Crippen molar-refractivity contribution in [1.29, 1.82) is 0 Å². The molecule has 6 heteroatoms. The maximum Gasteiger partial charge on any atom is 0.251 e. The zero-order valence-electron chi connectivity index (χ0n) is 13.1.